The summed E-state index contributed by atoms with van der Waals surface area (Å²) >= 11 is 0. The Kier molecular flexibility index (Phi) is 2.44. The fourth-order valence-electron chi connectivity index (χ4n) is 0.927. The number of hydrogen-bond acceptors (Lipinski definition) is 3. The predicted octanol–water partition coefficient (Wildman–Crippen LogP) is 0.857. The van der Waals surface area contributed by atoms with E-state index >= 15 is 0 Å². The van der Waals surface area contributed by atoms with Gasteiger partial charge in [0.15, 0.2) is 0 Å². The summed E-state index contributed by atoms with van der Waals surface area (Å²) in [4.78, 5) is 4.08. The van der Waals surface area contributed by atoms with Crippen LogP contribution < -0.4 is 10.5 Å². The van der Waals surface area contributed by atoms with E-state index in [0.717, 1.165) is 17.0 Å². The lowest BCUT2D eigenvalue weighted by atomic mass is 10.2. The highest BCUT2D eigenvalue weighted by molar-refractivity contribution is 5.30. The Morgan fingerprint density at radius 3 is 2.82 bits per heavy atom. The van der Waals surface area contributed by atoms with Crippen molar-refractivity contribution in [2.45, 2.75) is 13.5 Å². The van der Waals surface area contributed by atoms with Crippen LogP contribution in [0.2, 0.25) is 0 Å². The first-order valence-corrected chi connectivity index (χ1v) is 3.47. The first-order valence-electron chi connectivity index (χ1n) is 3.47. The zero-order valence-corrected chi connectivity index (χ0v) is 6.79. The van der Waals surface area contributed by atoms with Crippen LogP contribution in [-0.2, 0) is 6.54 Å². The Morgan fingerprint density at radius 2 is 2.36 bits per heavy atom. The zero-order valence-electron chi connectivity index (χ0n) is 6.79. The Hall–Kier alpha value is -1.09. The van der Waals surface area contributed by atoms with E-state index in [-0.39, 0.29) is 0 Å². The van der Waals surface area contributed by atoms with Gasteiger partial charge in [-0.25, -0.2) is 0 Å². The summed E-state index contributed by atoms with van der Waals surface area (Å²) in [6, 6.07) is 1.93. The first kappa shape index (κ1) is 8.01. The van der Waals surface area contributed by atoms with Crippen molar-refractivity contribution in [1.29, 1.82) is 0 Å². The van der Waals surface area contributed by atoms with Gasteiger partial charge in [0.05, 0.1) is 19.0 Å². The quantitative estimate of drug-likeness (QED) is 0.683. The van der Waals surface area contributed by atoms with Crippen molar-refractivity contribution in [1.82, 2.24) is 4.98 Å². The van der Waals surface area contributed by atoms with Crippen molar-refractivity contribution in [2.75, 3.05) is 7.11 Å². The standard InChI is InChI=1S/C8H12N2O/c1-6-3-7(4-9)10-5-8(6)11-2/h3,5H,4,9H2,1-2H3. The molecule has 0 aromatic carbocycles. The lowest BCUT2D eigenvalue weighted by molar-refractivity contribution is 0.409. The van der Waals surface area contributed by atoms with Crippen LogP contribution in [0.3, 0.4) is 0 Å². The molecule has 2 N–H and O–H groups in total. The van der Waals surface area contributed by atoms with Gasteiger partial charge < -0.3 is 10.5 Å². The molecule has 0 saturated carbocycles. The normalized spacial score (nSPS) is 9.73. The molecule has 11 heavy (non-hydrogen) atoms. The summed E-state index contributed by atoms with van der Waals surface area (Å²) < 4.78 is 5.04. The highest BCUT2D eigenvalue weighted by Crippen LogP contribution is 2.15. The van der Waals surface area contributed by atoms with Gasteiger partial charge >= 0.3 is 0 Å². The largest absolute Gasteiger partial charge is 0.495 e. The van der Waals surface area contributed by atoms with E-state index in [9.17, 15) is 0 Å². The highest BCUT2D eigenvalue weighted by atomic mass is 16.5. The van der Waals surface area contributed by atoms with Crippen molar-refractivity contribution >= 4 is 0 Å². The van der Waals surface area contributed by atoms with Crippen LogP contribution in [0, 0.1) is 6.92 Å². The second-order valence-corrected chi connectivity index (χ2v) is 2.35. The molecule has 3 heteroatoms. The molecule has 0 bridgehead atoms. The molecule has 1 aromatic heterocycles. The number of nitrogens with zero attached hydrogens (tertiary/aromatic N) is 1. The third-order valence-electron chi connectivity index (χ3n) is 1.55. The molecule has 0 amide bonds. The molecule has 0 spiro atoms. The summed E-state index contributed by atoms with van der Waals surface area (Å²) in [6.07, 6.45) is 1.69. The maximum Gasteiger partial charge on any atom is 0.140 e. The van der Waals surface area contributed by atoms with Crippen LogP contribution in [0.4, 0.5) is 0 Å². The fourth-order valence-corrected chi connectivity index (χ4v) is 0.927. The van der Waals surface area contributed by atoms with E-state index in [4.69, 9.17) is 10.5 Å². The van der Waals surface area contributed by atoms with Crippen LogP contribution in [-0.4, -0.2) is 12.1 Å². The first-order chi connectivity index (χ1) is 5.27. The lowest BCUT2D eigenvalue weighted by Gasteiger charge is -2.04. The van der Waals surface area contributed by atoms with Crippen molar-refractivity contribution < 1.29 is 4.74 Å². The van der Waals surface area contributed by atoms with Crippen molar-refractivity contribution in [3.05, 3.63) is 23.5 Å². The number of methoxy groups -OCH3 is 1. The molecule has 0 aliphatic rings. The molecule has 1 aromatic rings. The average molecular weight is 152 g/mol. The number of ether oxygens (including phenoxy) is 1. The van der Waals surface area contributed by atoms with Gasteiger partial charge in [0, 0.05) is 6.54 Å². The minimum atomic E-state index is 0.477. The minimum Gasteiger partial charge on any atom is -0.495 e. The number of pyridine rings is 1. The van der Waals surface area contributed by atoms with Gasteiger partial charge in [-0.2, -0.15) is 0 Å². The second-order valence-electron chi connectivity index (χ2n) is 2.35. The van der Waals surface area contributed by atoms with Crippen LogP contribution >= 0.6 is 0 Å². The van der Waals surface area contributed by atoms with Crippen LogP contribution in [0.25, 0.3) is 0 Å². The molecule has 0 saturated heterocycles. The number of hydrogen-bond donors (Lipinski definition) is 1. The SMILES string of the molecule is COc1cnc(CN)cc1C. The van der Waals surface area contributed by atoms with Crippen molar-refractivity contribution in [3.8, 4) is 5.75 Å². The van der Waals surface area contributed by atoms with Crippen LogP contribution in [0.15, 0.2) is 12.3 Å². The Balaban J connectivity index is 2.99. The molecule has 0 aliphatic carbocycles. The Morgan fingerprint density at radius 1 is 1.64 bits per heavy atom. The third kappa shape index (κ3) is 1.68. The van der Waals surface area contributed by atoms with Gasteiger partial charge in [-0.15, -0.1) is 0 Å². The molecule has 0 fully saturated rings. The van der Waals surface area contributed by atoms with Gasteiger partial charge in [-0.3, -0.25) is 4.98 Å². The minimum absolute atomic E-state index is 0.477. The molecule has 3 nitrogen and oxygen atoms in total. The zero-order chi connectivity index (χ0) is 8.27. The van der Waals surface area contributed by atoms with Gasteiger partial charge in [0.25, 0.3) is 0 Å². The summed E-state index contributed by atoms with van der Waals surface area (Å²) in [6.45, 7) is 2.45. The van der Waals surface area contributed by atoms with Crippen molar-refractivity contribution in [3.63, 3.8) is 0 Å². The molecular weight excluding hydrogens is 140 g/mol. The third-order valence-corrected chi connectivity index (χ3v) is 1.55. The Labute approximate surface area is 66.2 Å². The van der Waals surface area contributed by atoms with Crippen LogP contribution in [0.5, 0.6) is 5.75 Å². The molecule has 1 heterocycles. The van der Waals surface area contributed by atoms with Crippen LogP contribution in [0.1, 0.15) is 11.3 Å². The number of rotatable bonds is 2. The van der Waals surface area contributed by atoms with Gasteiger partial charge in [0.2, 0.25) is 0 Å². The molecular formula is C8H12N2O. The average Bonchev–Trinajstić information content (AvgIpc) is 2.04. The van der Waals surface area contributed by atoms with Gasteiger partial charge in [0.1, 0.15) is 5.75 Å². The monoisotopic (exact) mass is 152 g/mol. The topological polar surface area (TPSA) is 48.1 Å². The fraction of sp³-hybridized carbons (Fsp3) is 0.375. The lowest BCUT2D eigenvalue weighted by Crippen LogP contribution is -2.00. The van der Waals surface area contributed by atoms with E-state index in [1.165, 1.54) is 0 Å². The smallest absolute Gasteiger partial charge is 0.140 e. The molecule has 0 unspecified atom stereocenters. The summed E-state index contributed by atoms with van der Waals surface area (Å²) in [5.74, 6) is 0.808. The van der Waals surface area contributed by atoms with Crippen molar-refractivity contribution in [2.24, 2.45) is 5.73 Å². The van der Waals surface area contributed by atoms with Gasteiger partial charge in [-0.1, -0.05) is 0 Å². The summed E-state index contributed by atoms with van der Waals surface area (Å²) in [5, 5.41) is 0. The molecule has 60 valence electrons. The van der Waals surface area contributed by atoms with E-state index in [2.05, 4.69) is 4.98 Å². The highest BCUT2D eigenvalue weighted by Gasteiger charge is 1.98. The predicted molar refractivity (Wildman–Crippen MR) is 43.4 cm³/mol. The number of nitrogens with two attached hydrogens (primary N) is 1. The Bertz CT molecular complexity index is 248. The van der Waals surface area contributed by atoms with E-state index < -0.39 is 0 Å². The van der Waals surface area contributed by atoms with E-state index in [1.807, 2.05) is 13.0 Å². The molecule has 0 radical (unpaired) electrons. The maximum absolute atomic E-state index is 5.41. The van der Waals surface area contributed by atoms with E-state index in [1.54, 1.807) is 13.3 Å². The van der Waals surface area contributed by atoms with Gasteiger partial charge in [-0.05, 0) is 18.6 Å². The molecule has 0 aliphatic heterocycles. The maximum atomic E-state index is 5.41. The molecule has 0 atom stereocenters. The van der Waals surface area contributed by atoms with E-state index in [0.29, 0.717) is 6.54 Å². The summed E-state index contributed by atoms with van der Waals surface area (Å²) in [7, 11) is 1.63. The number of aromatic nitrogens is 1. The second kappa shape index (κ2) is 3.34. The molecule has 1 rings (SSSR count). The number of aryl methyl sites for hydroxylation is 1. The summed E-state index contributed by atoms with van der Waals surface area (Å²) in [5.41, 5.74) is 7.37.